The maximum absolute atomic E-state index is 12.9. The molecule has 31 heavy (non-hydrogen) atoms. The Hall–Kier alpha value is -2.46. The molecule has 0 saturated carbocycles. The predicted molar refractivity (Wildman–Crippen MR) is 115 cm³/mol. The third-order valence-corrected chi connectivity index (χ3v) is 6.84. The number of primary sulfonamides is 1. The van der Waals surface area contributed by atoms with Crippen LogP contribution in [0.1, 0.15) is 40.0 Å². The molecular weight excluding hydrogens is 420 g/mol. The van der Waals surface area contributed by atoms with Crippen molar-refractivity contribution < 1.29 is 22.8 Å². The van der Waals surface area contributed by atoms with E-state index in [2.05, 4.69) is 5.32 Å². The summed E-state index contributed by atoms with van der Waals surface area (Å²) in [5, 5.41) is 7.86. The van der Waals surface area contributed by atoms with Crippen molar-refractivity contribution in [1.29, 1.82) is 0 Å². The van der Waals surface area contributed by atoms with Crippen molar-refractivity contribution >= 4 is 33.4 Å². The zero-order valence-corrected chi connectivity index (χ0v) is 18.9. The maximum Gasteiger partial charge on any atom is 0.238 e. The Morgan fingerprint density at radius 2 is 1.65 bits per heavy atom. The second-order valence-electron chi connectivity index (χ2n) is 9.23. The van der Waals surface area contributed by atoms with Gasteiger partial charge in [0.1, 0.15) is 0 Å². The molecule has 0 bridgehead atoms. The second kappa shape index (κ2) is 8.58. The molecule has 2 saturated heterocycles. The van der Waals surface area contributed by atoms with E-state index in [-0.39, 0.29) is 46.4 Å². The molecule has 2 heterocycles. The van der Waals surface area contributed by atoms with Gasteiger partial charge in [-0.2, -0.15) is 0 Å². The van der Waals surface area contributed by atoms with Gasteiger partial charge in [0.05, 0.1) is 10.8 Å². The molecule has 170 valence electrons. The minimum absolute atomic E-state index is 0.00793. The van der Waals surface area contributed by atoms with Crippen LogP contribution < -0.4 is 10.5 Å². The van der Waals surface area contributed by atoms with Gasteiger partial charge in [0.15, 0.2) is 0 Å². The van der Waals surface area contributed by atoms with Crippen molar-refractivity contribution in [2.75, 3.05) is 25.0 Å². The summed E-state index contributed by atoms with van der Waals surface area (Å²) in [4.78, 5) is 41.2. The molecule has 3 N–H and O–H groups in total. The molecule has 0 aliphatic carbocycles. The number of hydrogen-bond donors (Lipinski definition) is 2. The molecule has 3 rings (SSSR count). The lowest BCUT2D eigenvalue weighted by molar-refractivity contribution is -0.138. The molecule has 1 atom stereocenters. The van der Waals surface area contributed by atoms with E-state index < -0.39 is 10.0 Å². The number of carbonyl (C=O) groups is 3. The Kier molecular flexibility index (Phi) is 6.43. The molecule has 2 aliphatic heterocycles. The minimum atomic E-state index is -3.78. The van der Waals surface area contributed by atoms with Gasteiger partial charge in [0.2, 0.25) is 27.7 Å². The smallest absolute Gasteiger partial charge is 0.238 e. The van der Waals surface area contributed by atoms with Crippen LogP contribution >= 0.6 is 0 Å². The third kappa shape index (κ3) is 5.43. The zero-order chi connectivity index (χ0) is 23.0. The third-order valence-electron chi connectivity index (χ3n) is 5.91. The molecule has 9 nitrogen and oxygen atoms in total. The summed E-state index contributed by atoms with van der Waals surface area (Å²) in [6.45, 7) is 7.28. The topological polar surface area (TPSA) is 130 Å². The van der Waals surface area contributed by atoms with Crippen LogP contribution in [0.5, 0.6) is 0 Å². The van der Waals surface area contributed by atoms with Crippen LogP contribution in [0.2, 0.25) is 0 Å². The van der Waals surface area contributed by atoms with Gasteiger partial charge in [0, 0.05) is 43.2 Å². The lowest BCUT2D eigenvalue weighted by Gasteiger charge is -2.34. The number of piperidine rings is 1. The van der Waals surface area contributed by atoms with E-state index in [1.807, 2.05) is 20.8 Å². The Morgan fingerprint density at radius 3 is 2.13 bits per heavy atom. The van der Waals surface area contributed by atoms with Crippen LogP contribution in [-0.4, -0.2) is 61.1 Å². The van der Waals surface area contributed by atoms with Gasteiger partial charge in [-0.3, -0.25) is 14.4 Å². The SMILES string of the molecule is CC(C)(C)N1CC(C(=O)N2CCC(C(=O)Nc3ccc(S(N)(=O)=O)cc3)CC2)CC1=O. The standard InChI is InChI=1S/C21H30N4O5S/c1-21(2,3)25-13-15(12-18(25)26)20(28)24-10-8-14(9-11-24)19(27)23-16-4-6-17(7-5-16)31(22,29)30/h4-7,14-15H,8-13H2,1-3H3,(H,23,27)(H2,22,29,30). The molecule has 0 radical (unpaired) electrons. The summed E-state index contributed by atoms with van der Waals surface area (Å²) in [7, 11) is -3.78. The van der Waals surface area contributed by atoms with Crippen LogP contribution in [0.4, 0.5) is 5.69 Å². The number of nitrogens with two attached hydrogens (primary N) is 1. The number of hydrogen-bond acceptors (Lipinski definition) is 5. The first-order valence-electron chi connectivity index (χ1n) is 10.4. The Balaban J connectivity index is 1.52. The van der Waals surface area contributed by atoms with Crippen molar-refractivity contribution in [3.8, 4) is 0 Å². The normalized spacial score (nSPS) is 20.8. The fraction of sp³-hybridized carbons (Fsp3) is 0.571. The van der Waals surface area contributed by atoms with E-state index in [1.54, 1.807) is 9.80 Å². The summed E-state index contributed by atoms with van der Waals surface area (Å²) < 4.78 is 22.6. The van der Waals surface area contributed by atoms with Crippen LogP contribution in [0.15, 0.2) is 29.2 Å². The number of nitrogens with one attached hydrogen (secondary N) is 1. The fourth-order valence-electron chi connectivity index (χ4n) is 4.11. The van der Waals surface area contributed by atoms with Crippen molar-refractivity contribution in [3.05, 3.63) is 24.3 Å². The quantitative estimate of drug-likeness (QED) is 0.711. The first kappa shape index (κ1) is 23.2. The number of nitrogens with zero attached hydrogens (tertiary/aromatic N) is 2. The van der Waals surface area contributed by atoms with E-state index in [9.17, 15) is 22.8 Å². The van der Waals surface area contributed by atoms with Gasteiger partial charge in [-0.1, -0.05) is 0 Å². The maximum atomic E-state index is 12.9. The van der Waals surface area contributed by atoms with Crippen molar-refractivity contribution in [2.24, 2.45) is 17.0 Å². The van der Waals surface area contributed by atoms with Gasteiger partial charge in [-0.25, -0.2) is 13.6 Å². The zero-order valence-electron chi connectivity index (χ0n) is 18.1. The first-order chi connectivity index (χ1) is 14.4. The number of rotatable bonds is 4. The fourth-order valence-corrected chi connectivity index (χ4v) is 4.63. The largest absolute Gasteiger partial charge is 0.342 e. The average molecular weight is 451 g/mol. The van der Waals surface area contributed by atoms with Crippen LogP contribution in [-0.2, 0) is 24.4 Å². The highest BCUT2D eigenvalue weighted by Gasteiger charge is 2.41. The number of sulfonamides is 1. The molecule has 10 heteroatoms. The van der Waals surface area contributed by atoms with Crippen molar-refractivity contribution in [2.45, 2.75) is 50.5 Å². The van der Waals surface area contributed by atoms with E-state index in [0.29, 0.717) is 38.2 Å². The van der Waals surface area contributed by atoms with Crippen molar-refractivity contribution in [3.63, 3.8) is 0 Å². The lowest BCUT2D eigenvalue weighted by Crippen LogP contribution is -2.46. The monoisotopic (exact) mass is 450 g/mol. The Morgan fingerprint density at radius 1 is 1.06 bits per heavy atom. The number of anilines is 1. The van der Waals surface area contributed by atoms with Crippen molar-refractivity contribution in [1.82, 2.24) is 9.80 Å². The highest BCUT2D eigenvalue weighted by molar-refractivity contribution is 7.89. The molecule has 0 aromatic heterocycles. The summed E-state index contributed by atoms with van der Waals surface area (Å²) in [6.07, 6.45) is 1.32. The lowest BCUT2D eigenvalue weighted by atomic mass is 9.94. The molecule has 0 spiro atoms. The average Bonchev–Trinajstić information content (AvgIpc) is 3.09. The molecular formula is C21H30N4O5S. The van der Waals surface area contributed by atoms with Gasteiger partial charge >= 0.3 is 0 Å². The van der Waals surface area contributed by atoms with E-state index in [1.165, 1.54) is 24.3 Å². The number of carbonyl (C=O) groups excluding carboxylic acids is 3. The van der Waals surface area contributed by atoms with Gasteiger partial charge in [-0.15, -0.1) is 0 Å². The molecule has 2 aliphatic rings. The Bertz CT molecular complexity index is 960. The molecule has 1 aromatic carbocycles. The summed E-state index contributed by atoms with van der Waals surface area (Å²) in [6, 6.07) is 5.68. The number of amides is 3. The van der Waals surface area contributed by atoms with Gasteiger partial charge in [0.25, 0.3) is 0 Å². The highest BCUT2D eigenvalue weighted by atomic mass is 32.2. The van der Waals surface area contributed by atoms with E-state index in [4.69, 9.17) is 5.14 Å². The molecule has 2 fully saturated rings. The Labute approximate surface area is 183 Å². The molecule has 3 amide bonds. The number of likely N-dealkylation sites (tertiary alicyclic amines) is 2. The van der Waals surface area contributed by atoms with Gasteiger partial charge < -0.3 is 15.1 Å². The van der Waals surface area contributed by atoms with E-state index >= 15 is 0 Å². The van der Waals surface area contributed by atoms with Crippen LogP contribution in [0, 0.1) is 11.8 Å². The summed E-state index contributed by atoms with van der Waals surface area (Å²) in [5.41, 5.74) is 0.187. The van der Waals surface area contributed by atoms with Crippen LogP contribution in [0.25, 0.3) is 0 Å². The predicted octanol–water partition coefficient (Wildman–Crippen LogP) is 1.16. The van der Waals surface area contributed by atoms with E-state index in [0.717, 1.165) is 0 Å². The molecule has 1 aromatic rings. The first-order valence-corrected chi connectivity index (χ1v) is 11.9. The second-order valence-corrected chi connectivity index (χ2v) is 10.8. The molecule has 1 unspecified atom stereocenters. The van der Waals surface area contributed by atoms with Crippen LogP contribution in [0.3, 0.4) is 0 Å². The number of benzene rings is 1. The highest BCUT2D eigenvalue weighted by Crippen LogP contribution is 2.29. The minimum Gasteiger partial charge on any atom is -0.342 e. The summed E-state index contributed by atoms with van der Waals surface area (Å²) in [5.74, 6) is -0.732. The summed E-state index contributed by atoms with van der Waals surface area (Å²) >= 11 is 0. The van der Waals surface area contributed by atoms with Gasteiger partial charge in [-0.05, 0) is 57.9 Å².